The number of rotatable bonds is 4. The van der Waals surface area contributed by atoms with E-state index in [1.54, 1.807) is 0 Å². The molecule has 0 saturated heterocycles. The van der Waals surface area contributed by atoms with E-state index in [0.29, 0.717) is 0 Å². The Balaban J connectivity index is 2.01. The van der Waals surface area contributed by atoms with Gasteiger partial charge in [0, 0.05) is 18.1 Å². The first-order chi connectivity index (χ1) is 8.65. The Morgan fingerprint density at radius 1 is 1.00 bits per heavy atom. The Labute approximate surface area is 114 Å². The molecule has 2 aromatic carbocycles. The third kappa shape index (κ3) is 3.59. The average molecular weight is 260 g/mol. The number of nitrogens with zero attached hydrogens (tertiary/aromatic N) is 1. The molecule has 0 heterocycles. The number of hydrogen-bond donors (Lipinski definition) is 0. The average Bonchev–Trinajstić information content (AvgIpc) is 2.32. The molecule has 0 aliphatic rings. The first-order valence-electron chi connectivity index (χ1n) is 6.12. The third-order valence-electron chi connectivity index (χ3n) is 2.93. The van der Waals surface area contributed by atoms with Crippen LogP contribution in [0.15, 0.2) is 48.5 Å². The van der Waals surface area contributed by atoms with Crippen molar-refractivity contribution in [3.8, 4) is 0 Å². The van der Waals surface area contributed by atoms with Crippen molar-refractivity contribution in [2.75, 3.05) is 7.05 Å². The molecule has 2 heteroatoms. The van der Waals surface area contributed by atoms with Crippen molar-refractivity contribution in [2.45, 2.75) is 20.0 Å². The highest BCUT2D eigenvalue weighted by Crippen LogP contribution is 2.17. The largest absolute Gasteiger partial charge is 0.298 e. The van der Waals surface area contributed by atoms with Crippen LogP contribution < -0.4 is 0 Å². The van der Waals surface area contributed by atoms with Gasteiger partial charge in [-0.25, -0.2) is 0 Å². The zero-order valence-electron chi connectivity index (χ0n) is 10.9. The van der Waals surface area contributed by atoms with E-state index >= 15 is 0 Å². The molecule has 0 aromatic heterocycles. The summed E-state index contributed by atoms with van der Waals surface area (Å²) in [6.07, 6.45) is 0. The van der Waals surface area contributed by atoms with E-state index in [1.165, 1.54) is 16.7 Å². The van der Waals surface area contributed by atoms with Crippen molar-refractivity contribution in [1.82, 2.24) is 4.90 Å². The summed E-state index contributed by atoms with van der Waals surface area (Å²) in [4.78, 5) is 2.27. The van der Waals surface area contributed by atoms with Crippen molar-refractivity contribution < 1.29 is 0 Å². The van der Waals surface area contributed by atoms with Crippen LogP contribution in [0.25, 0.3) is 0 Å². The zero-order chi connectivity index (χ0) is 13.0. The normalized spacial score (nSPS) is 10.9. The fraction of sp³-hybridized carbons (Fsp3) is 0.250. The van der Waals surface area contributed by atoms with Crippen LogP contribution in [0.2, 0.25) is 5.02 Å². The van der Waals surface area contributed by atoms with Crippen LogP contribution in [0.1, 0.15) is 16.7 Å². The smallest absolute Gasteiger partial charge is 0.0451 e. The third-order valence-corrected chi connectivity index (χ3v) is 3.30. The van der Waals surface area contributed by atoms with Gasteiger partial charge in [-0.2, -0.15) is 0 Å². The van der Waals surface area contributed by atoms with Crippen molar-refractivity contribution in [3.63, 3.8) is 0 Å². The van der Waals surface area contributed by atoms with E-state index in [1.807, 2.05) is 18.2 Å². The minimum atomic E-state index is 0.841. The Morgan fingerprint density at radius 2 is 1.78 bits per heavy atom. The molecule has 2 rings (SSSR count). The summed E-state index contributed by atoms with van der Waals surface area (Å²) in [5.41, 5.74) is 3.82. The molecule has 0 saturated carbocycles. The molecule has 0 amide bonds. The minimum absolute atomic E-state index is 0.841. The molecule has 0 N–H and O–H groups in total. The van der Waals surface area contributed by atoms with Gasteiger partial charge in [-0.1, -0.05) is 59.6 Å². The maximum atomic E-state index is 6.17. The first-order valence-corrected chi connectivity index (χ1v) is 6.50. The maximum Gasteiger partial charge on any atom is 0.0451 e. The lowest BCUT2D eigenvalue weighted by atomic mass is 10.1. The van der Waals surface area contributed by atoms with Crippen LogP contribution in [0.3, 0.4) is 0 Å². The zero-order valence-corrected chi connectivity index (χ0v) is 11.6. The fourth-order valence-electron chi connectivity index (χ4n) is 2.10. The summed E-state index contributed by atoms with van der Waals surface area (Å²) >= 11 is 6.17. The van der Waals surface area contributed by atoms with E-state index in [0.717, 1.165) is 18.1 Å². The topological polar surface area (TPSA) is 3.24 Å². The highest BCUT2D eigenvalue weighted by molar-refractivity contribution is 6.31. The van der Waals surface area contributed by atoms with Crippen molar-refractivity contribution in [3.05, 3.63) is 70.2 Å². The molecule has 18 heavy (non-hydrogen) atoms. The number of benzene rings is 2. The van der Waals surface area contributed by atoms with Crippen LogP contribution in [0, 0.1) is 6.92 Å². The number of aryl methyl sites for hydroxylation is 1. The molecule has 0 bridgehead atoms. The van der Waals surface area contributed by atoms with E-state index in [2.05, 4.69) is 49.2 Å². The van der Waals surface area contributed by atoms with Crippen LogP contribution >= 0.6 is 11.6 Å². The van der Waals surface area contributed by atoms with Gasteiger partial charge >= 0.3 is 0 Å². The SMILES string of the molecule is Cc1cccc(CN(C)Cc2ccccc2Cl)c1. The highest BCUT2D eigenvalue weighted by atomic mass is 35.5. The predicted octanol–water partition coefficient (Wildman–Crippen LogP) is 4.28. The molecular formula is C16H18ClN. The van der Waals surface area contributed by atoms with Crippen LogP contribution in [-0.4, -0.2) is 11.9 Å². The quantitative estimate of drug-likeness (QED) is 0.792. The molecule has 0 aliphatic carbocycles. The summed E-state index contributed by atoms with van der Waals surface area (Å²) in [6, 6.07) is 16.6. The second-order valence-electron chi connectivity index (χ2n) is 4.75. The van der Waals surface area contributed by atoms with Gasteiger partial charge in [0.25, 0.3) is 0 Å². The minimum Gasteiger partial charge on any atom is -0.298 e. The van der Waals surface area contributed by atoms with Gasteiger partial charge in [-0.3, -0.25) is 4.90 Å². The first kappa shape index (κ1) is 13.1. The molecule has 0 spiro atoms. The molecule has 94 valence electrons. The summed E-state index contributed by atoms with van der Waals surface area (Å²) in [6.45, 7) is 3.93. The summed E-state index contributed by atoms with van der Waals surface area (Å²) in [5.74, 6) is 0. The standard InChI is InChI=1S/C16H18ClN/c1-13-6-5-7-14(10-13)11-18(2)12-15-8-3-4-9-16(15)17/h3-10H,11-12H2,1-2H3. The van der Waals surface area contributed by atoms with Crippen molar-refractivity contribution in [1.29, 1.82) is 0 Å². The highest BCUT2D eigenvalue weighted by Gasteiger charge is 2.04. The van der Waals surface area contributed by atoms with Crippen LogP contribution in [-0.2, 0) is 13.1 Å². The number of hydrogen-bond acceptors (Lipinski definition) is 1. The van der Waals surface area contributed by atoms with Crippen LogP contribution in [0.5, 0.6) is 0 Å². The van der Waals surface area contributed by atoms with E-state index in [9.17, 15) is 0 Å². The van der Waals surface area contributed by atoms with Gasteiger partial charge < -0.3 is 0 Å². The van der Waals surface area contributed by atoms with E-state index in [4.69, 9.17) is 11.6 Å². The monoisotopic (exact) mass is 259 g/mol. The van der Waals surface area contributed by atoms with Gasteiger partial charge in [0.1, 0.15) is 0 Å². The summed E-state index contributed by atoms with van der Waals surface area (Å²) in [5, 5.41) is 0.841. The second kappa shape index (κ2) is 6.03. The van der Waals surface area contributed by atoms with Gasteiger partial charge in [0.05, 0.1) is 0 Å². The van der Waals surface area contributed by atoms with Gasteiger partial charge in [-0.15, -0.1) is 0 Å². The molecule has 0 aliphatic heterocycles. The summed E-state index contributed by atoms with van der Waals surface area (Å²) < 4.78 is 0. The molecule has 0 unspecified atom stereocenters. The molecule has 2 aromatic rings. The predicted molar refractivity (Wildman–Crippen MR) is 77.8 cm³/mol. The van der Waals surface area contributed by atoms with E-state index < -0.39 is 0 Å². The Morgan fingerprint density at radius 3 is 2.50 bits per heavy atom. The lowest BCUT2D eigenvalue weighted by Crippen LogP contribution is -2.17. The Bertz CT molecular complexity index is 522. The summed E-state index contributed by atoms with van der Waals surface area (Å²) in [7, 11) is 2.12. The van der Waals surface area contributed by atoms with Crippen molar-refractivity contribution in [2.24, 2.45) is 0 Å². The lowest BCUT2D eigenvalue weighted by Gasteiger charge is -2.17. The molecule has 0 fully saturated rings. The van der Waals surface area contributed by atoms with Gasteiger partial charge in [-0.05, 0) is 31.2 Å². The molecular weight excluding hydrogens is 242 g/mol. The number of halogens is 1. The van der Waals surface area contributed by atoms with Gasteiger partial charge in [0.15, 0.2) is 0 Å². The van der Waals surface area contributed by atoms with Crippen molar-refractivity contribution >= 4 is 11.6 Å². The Hall–Kier alpha value is -1.31. The molecule has 0 atom stereocenters. The molecule has 1 nitrogen and oxygen atoms in total. The Kier molecular flexibility index (Phi) is 4.40. The van der Waals surface area contributed by atoms with Crippen LogP contribution in [0.4, 0.5) is 0 Å². The fourth-order valence-corrected chi connectivity index (χ4v) is 2.29. The lowest BCUT2D eigenvalue weighted by molar-refractivity contribution is 0.319. The maximum absolute atomic E-state index is 6.17. The van der Waals surface area contributed by atoms with E-state index in [-0.39, 0.29) is 0 Å². The molecule has 0 radical (unpaired) electrons. The van der Waals surface area contributed by atoms with Gasteiger partial charge in [0.2, 0.25) is 0 Å². The second-order valence-corrected chi connectivity index (χ2v) is 5.16.